The number of carbonyl (C=O) groups excluding carboxylic acids is 1. The highest BCUT2D eigenvalue weighted by Gasteiger charge is 2.02. The van der Waals surface area contributed by atoms with Gasteiger partial charge in [0.15, 0.2) is 5.65 Å². The Morgan fingerprint density at radius 3 is 2.88 bits per heavy atom. The lowest BCUT2D eigenvalue weighted by molar-refractivity contribution is 0.112. The minimum Gasteiger partial charge on any atom is -0.298 e. The Kier molecular flexibility index (Phi) is 1.83. The smallest absolute Gasteiger partial charge is 0.181 e. The lowest BCUT2D eigenvalue weighted by Crippen LogP contribution is -1.91. The van der Waals surface area contributed by atoms with Gasteiger partial charge in [-0.2, -0.15) is 0 Å². The van der Waals surface area contributed by atoms with Crippen LogP contribution in [-0.2, 0) is 0 Å². The van der Waals surface area contributed by atoms with Crippen molar-refractivity contribution in [2.45, 2.75) is 0 Å². The largest absolute Gasteiger partial charge is 0.298 e. The first-order chi connectivity index (χ1) is 7.86. The van der Waals surface area contributed by atoms with E-state index >= 15 is 0 Å². The molecule has 0 aliphatic rings. The van der Waals surface area contributed by atoms with Crippen LogP contribution in [0.2, 0.25) is 0 Å². The van der Waals surface area contributed by atoms with E-state index in [9.17, 15) is 4.79 Å². The van der Waals surface area contributed by atoms with E-state index in [-0.39, 0.29) is 0 Å². The fourth-order valence-electron chi connectivity index (χ4n) is 1.52. The zero-order chi connectivity index (χ0) is 11.0. The highest BCUT2D eigenvalue weighted by atomic mass is 16.1. The Hall–Kier alpha value is -2.43. The predicted molar refractivity (Wildman–Crippen MR) is 58.0 cm³/mol. The van der Waals surface area contributed by atoms with Gasteiger partial charge < -0.3 is 0 Å². The molecule has 2 heterocycles. The standard InChI is InChI=1S/C11H6N4O/c16-5-7-1-2-8-9(3-7)15-11-10(14-8)4-12-6-13-11/h1-6H. The number of aldehydes is 1. The summed E-state index contributed by atoms with van der Waals surface area (Å²) in [5, 5.41) is 0. The second-order valence-corrected chi connectivity index (χ2v) is 3.32. The molecule has 3 aromatic rings. The molecule has 0 N–H and O–H groups in total. The Morgan fingerprint density at radius 1 is 1.06 bits per heavy atom. The lowest BCUT2D eigenvalue weighted by atomic mass is 10.2. The summed E-state index contributed by atoms with van der Waals surface area (Å²) in [5.41, 5.74) is 3.15. The molecule has 0 bridgehead atoms. The molecule has 0 radical (unpaired) electrons. The van der Waals surface area contributed by atoms with Crippen molar-refractivity contribution < 1.29 is 4.79 Å². The van der Waals surface area contributed by atoms with E-state index in [1.54, 1.807) is 24.4 Å². The molecular weight excluding hydrogens is 204 g/mol. The maximum absolute atomic E-state index is 10.6. The number of hydrogen-bond acceptors (Lipinski definition) is 5. The van der Waals surface area contributed by atoms with Crippen LogP contribution in [0.15, 0.2) is 30.7 Å². The normalized spacial score (nSPS) is 10.8. The number of fused-ring (bicyclic) bond motifs is 2. The van der Waals surface area contributed by atoms with Gasteiger partial charge in [-0.3, -0.25) is 4.79 Å². The molecule has 0 aliphatic carbocycles. The van der Waals surface area contributed by atoms with Gasteiger partial charge in [-0.15, -0.1) is 0 Å². The zero-order valence-corrected chi connectivity index (χ0v) is 8.16. The van der Waals surface area contributed by atoms with E-state index in [2.05, 4.69) is 19.9 Å². The highest BCUT2D eigenvalue weighted by molar-refractivity contribution is 5.88. The second kappa shape index (κ2) is 3.30. The summed E-state index contributed by atoms with van der Waals surface area (Å²) in [5.74, 6) is 0. The van der Waals surface area contributed by atoms with Gasteiger partial charge >= 0.3 is 0 Å². The summed E-state index contributed by atoms with van der Waals surface area (Å²) in [4.78, 5) is 27.2. The lowest BCUT2D eigenvalue weighted by Gasteiger charge is -1.99. The van der Waals surface area contributed by atoms with Gasteiger partial charge in [0.1, 0.15) is 18.1 Å². The van der Waals surface area contributed by atoms with Gasteiger partial charge in [-0.25, -0.2) is 19.9 Å². The average molecular weight is 210 g/mol. The first kappa shape index (κ1) is 8.84. The van der Waals surface area contributed by atoms with E-state index in [0.717, 1.165) is 11.8 Å². The Morgan fingerprint density at radius 2 is 2.00 bits per heavy atom. The Labute approximate surface area is 90.2 Å². The van der Waals surface area contributed by atoms with Crippen molar-refractivity contribution in [3.63, 3.8) is 0 Å². The third kappa shape index (κ3) is 1.30. The summed E-state index contributed by atoms with van der Waals surface area (Å²) >= 11 is 0. The number of carbonyl (C=O) groups is 1. The maximum atomic E-state index is 10.6. The fraction of sp³-hybridized carbons (Fsp3) is 0. The topological polar surface area (TPSA) is 68.6 Å². The highest BCUT2D eigenvalue weighted by Crippen LogP contribution is 2.14. The van der Waals surface area contributed by atoms with Crippen LogP contribution in [0, 0.1) is 0 Å². The van der Waals surface area contributed by atoms with Gasteiger partial charge in [0.2, 0.25) is 0 Å². The average Bonchev–Trinajstić information content (AvgIpc) is 2.35. The molecule has 0 aliphatic heterocycles. The van der Waals surface area contributed by atoms with Gasteiger partial charge in [0.05, 0.1) is 17.2 Å². The van der Waals surface area contributed by atoms with E-state index < -0.39 is 0 Å². The summed E-state index contributed by atoms with van der Waals surface area (Å²) in [6.07, 6.45) is 3.82. The molecule has 3 rings (SSSR count). The number of aromatic nitrogens is 4. The summed E-state index contributed by atoms with van der Waals surface area (Å²) < 4.78 is 0. The minimum absolute atomic E-state index is 0.533. The molecule has 2 aromatic heterocycles. The van der Waals surface area contributed by atoms with E-state index in [1.165, 1.54) is 6.33 Å². The van der Waals surface area contributed by atoms with Crippen LogP contribution < -0.4 is 0 Å². The van der Waals surface area contributed by atoms with Crippen LogP contribution >= 0.6 is 0 Å². The van der Waals surface area contributed by atoms with Crippen molar-refractivity contribution in [2.24, 2.45) is 0 Å². The quantitative estimate of drug-likeness (QED) is 0.448. The van der Waals surface area contributed by atoms with E-state index in [0.29, 0.717) is 22.2 Å². The maximum Gasteiger partial charge on any atom is 0.181 e. The van der Waals surface area contributed by atoms with Gasteiger partial charge in [-0.05, 0) is 18.2 Å². The molecule has 0 spiro atoms. The zero-order valence-electron chi connectivity index (χ0n) is 8.16. The van der Waals surface area contributed by atoms with Crippen molar-refractivity contribution in [2.75, 3.05) is 0 Å². The van der Waals surface area contributed by atoms with Crippen LogP contribution in [0.1, 0.15) is 10.4 Å². The SMILES string of the molecule is O=Cc1ccc2nc3cncnc3nc2c1. The second-order valence-electron chi connectivity index (χ2n) is 3.32. The molecule has 0 unspecified atom stereocenters. The molecule has 0 amide bonds. The number of rotatable bonds is 1. The monoisotopic (exact) mass is 210 g/mol. The third-order valence-electron chi connectivity index (χ3n) is 2.28. The molecule has 0 fully saturated rings. The van der Waals surface area contributed by atoms with Crippen molar-refractivity contribution >= 4 is 28.5 Å². The van der Waals surface area contributed by atoms with E-state index in [4.69, 9.17) is 0 Å². The van der Waals surface area contributed by atoms with Crippen LogP contribution in [0.4, 0.5) is 0 Å². The number of nitrogens with zero attached hydrogens (tertiary/aromatic N) is 4. The Balaban J connectivity index is 2.41. The predicted octanol–water partition coefficient (Wildman–Crippen LogP) is 1.39. The first-order valence-corrected chi connectivity index (χ1v) is 4.69. The summed E-state index contributed by atoms with van der Waals surface area (Å²) in [6, 6.07) is 5.16. The molecule has 16 heavy (non-hydrogen) atoms. The molecular formula is C11H6N4O. The molecule has 0 saturated heterocycles. The van der Waals surface area contributed by atoms with Crippen molar-refractivity contribution in [1.29, 1.82) is 0 Å². The first-order valence-electron chi connectivity index (χ1n) is 4.69. The van der Waals surface area contributed by atoms with Gasteiger partial charge in [-0.1, -0.05) is 0 Å². The van der Waals surface area contributed by atoms with Crippen LogP contribution in [-0.4, -0.2) is 26.2 Å². The van der Waals surface area contributed by atoms with Crippen LogP contribution in [0.5, 0.6) is 0 Å². The Bertz CT molecular complexity index is 696. The molecule has 76 valence electrons. The molecule has 0 atom stereocenters. The summed E-state index contributed by atoms with van der Waals surface area (Å²) in [6.45, 7) is 0. The molecule has 1 aromatic carbocycles. The van der Waals surface area contributed by atoms with E-state index in [1.807, 2.05) is 0 Å². The molecule has 5 nitrogen and oxygen atoms in total. The third-order valence-corrected chi connectivity index (χ3v) is 2.28. The number of benzene rings is 1. The number of hydrogen-bond donors (Lipinski definition) is 0. The minimum atomic E-state index is 0.533. The summed E-state index contributed by atoms with van der Waals surface area (Å²) in [7, 11) is 0. The molecule has 5 heteroatoms. The van der Waals surface area contributed by atoms with Gasteiger partial charge in [0.25, 0.3) is 0 Å². The molecule has 0 saturated carbocycles. The van der Waals surface area contributed by atoms with Crippen molar-refractivity contribution in [3.05, 3.63) is 36.3 Å². The van der Waals surface area contributed by atoms with Crippen molar-refractivity contribution in [1.82, 2.24) is 19.9 Å². The van der Waals surface area contributed by atoms with Crippen molar-refractivity contribution in [3.8, 4) is 0 Å². The fourth-order valence-corrected chi connectivity index (χ4v) is 1.52. The van der Waals surface area contributed by atoms with Crippen LogP contribution in [0.25, 0.3) is 22.2 Å². The van der Waals surface area contributed by atoms with Gasteiger partial charge in [0, 0.05) is 5.56 Å². The van der Waals surface area contributed by atoms with Crippen LogP contribution in [0.3, 0.4) is 0 Å².